The molecule has 8 heteroatoms. The quantitative estimate of drug-likeness (QED) is 0.457. The fraction of sp³-hybridized carbons (Fsp3) is 0.909. The molecule has 4 N–H and O–H groups in total. The van der Waals surface area contributed by atoms with Crippen LogP contribution in [-0.4, -0.2) is 83.3 Å². The monoisotopic (exact) mass is 422 g/mol. The molecule has 0 bridgehead atoms. The normalized spacial score (nSPS) is 33.4. The van der Waals surface area contributed by atoms with Crippen molar-refractivity contribution in [1.82, 2.24) is 31.1 Å². The maximum Gasteiger partial charge on any atom is 0.235 e. The number of nitrogens with one attached hydrogen (secondary N) is 4. The minimum absolute atomic E-state index is 0.0399. The third-order valence-corrected chi connectivity index (χ3v) is 6.77. The molecule has 2 amide bonds. The van der Waals surface area contributed by atoms with E-state index in [9.17, 15) is 9.59 Å². The predicted molar refractivity (Wildman–Crippen MR) is 119 cm³/mol. The van der Waals surface area contributed by atoms with Gasteiger partial charge in [-0.25, -0.2) is 0 Å². The summed E-state index contributed by atoms with van der Waals surface area (Å²) >= 11 is 0. The van der Waals surface area contributed by atoms with Crippen molar-refractivity contribution in [2.45, 2.75) is 89.6 Å². The number of amides is 2. The molecule has 4 aliphatic rings. The second-order valence-corrected chi connectivity index (χ2v) is 11.3. The highest BCUT2D eigenvalue weighted by Gasteiger charge is 2.49. The largest absolute Gasteiger partial charge is 0.336 e. The van der Waals surface area contributed by atoms with E-state index >= 15 is 0 Å². The van der Waals surface area contributed by atoms with Gasteiger partial charge in [0.2, 0.25) is 11.8 Å². The van der Waals surface area contributed by atoms with Crippen LogP contribution < -0.4 is 21.3 Å². The van der Waals surface area contributed by atoms with Gasteiger partial charge in [-0.3, -0.25) is 24.7 Å². The Balaban J connectivity index is 0.000000171. The first-order valence-corrected chi connectivity index (χ1v) is 11.5. The summed E-state index contributed by atoms with van der Waals surface area (Å²) < 4.78 is 0. The van der Waals surface area contributed by atoms with Crippen LogP contribution in [0.25, 0.3) is 0 Å². The molecule has 30 heavy (non-hydrogen) atoms. The van der Waals surface area contributed by atoms with Crippen LogP contribution in [0.2, 0.25) is 0 Å². The zero-order valence-corrected chi connectivity index (χ0v) is 19.8. The van der Waals surface area contributed by atoms with Crippen LogP contribution in [-0.2, 0) is 9.59 Å². The highest BCUT2D eigenvalue weighted by atomic mass is 16.2. The molecule has 2 spiro atoms. The molecular weight excluding hydrogens is 380 g/mol. The van der Waals surface area contributed by atoms with Gasteiger partial charge < -0.3 is 16.0 Å². The third-order valence-electron chi connectivity index (χ3n) is 6.77. The van der Waals surface area contributed by atoms with E-state index in [-0.39, 0.29) is 34.2 Å². The lowest BCUT2D eigenvalue weighted by Crippen LogP contribution is -2.64. The number of hydrogen-bond donors (Lipinski definition) is 4. The van der Waals surface area contributed by atoms with E-state index in [2.05, 4.69) is 72.6 Å². The van der Waals surface area contributed by atoms with Gasteiger partial charge in [-0.15, -0.1) is 0 Å². The van der Waals surface area contributed by atoms with Gasteiger partial charge in [-0.2, -0.15) is 0 Å². The van der Waals surface area contributed by atoms with Crippen molar-refractivity contribution in [2.75, 3.05) is 39.3 Å². The van der Waals surface area contributed by atoms with Gasteiger partial charge in [0.1, 0.15) is 11.3 Å². The van der Waals surface area contributed by atoms with Gasteiger partial charge in [-0.05, 0) is 80.3 Å². The molecule has 4 aliphatic heterocycles. The SMILES string of the molecule is CC(C)(C)N1CC(=O)NC12CCCNC2.CC(C)(C)N1CCCC2(C1)NCC(=O)N2. The fourth-order valence-electron chi connectivity index (χ4n) is 5.25. The van der Waals surface area contributed by atoms with Crippen molar-refractivity contribution in [3.05, 3.63) is 0 Å². The second-order valence-electron chi connectivity index (χ2n) is 11.3. The topological polar surface area (TPSA) is 88.7 Å². The molecule has 4 fully saturated rings. The molecule has 2 atom stereocenters. The fourth-order valence-corrected chi connectivity index (χ4v) is 5.25. The number of nitrogens with zero attached hydrogens (tertiary/aromatic N) is 2. The Morgan fingerprint density at radius 1 is 0.900 bits per heavy atom. The molecule has 0 saturated carbocycles. The summed E-state index contributed by atoms with van der Waals surface area (Å²) in [5.74, 6) is 0.291. The van der Waals surface area contributed by atoms with Gasteiger partial charge in [-0.1, -0.05) is 0 Å². The molecule has 172 valence electrons. The second kappa shape index (κ2) is 8.37. The van der Waals surface area contributed by atoms with E-state index in [0.29, 0.717) is 13.1 Å². The van der Waals surface area contributed by atoms with Crippen LogP contribution in [0.5, 0.6) is 0 Å². The van der Waals surface area contributed by atoms with Crippen molar-refractivity contribution < 1.29 is 9.59 Å². The number of carbonyl (C=O) groups is 2. The Bertz CT molecular complexity index is 647. The summed E-state index contributed by atoms with van der Waals surface area (Å²) in [5, 5.41) is 12.9. The average molecular weight is 423 g/mol. The lowest BCUT2D eigenvalue weighted by Gasteiger charge is -2.47. The summed E-state index contributed by atoms with van der Waals surface area (Å²) in [5.41, 5.74) is -0.0587. The zero-order valence-electron chi connectivity index (χ0n) is 19.8. The van der Waals surface area contributed by atoms with Crippen LogP contribution in [0.15, 0.2) is 0 Å². The van der Waals surface area contributed by atoms with E-state index in [1.54, 1.807) is 0 Å². The summed E-state index contributed by atoms with van der Waals surface area (Å²) in [7, 11) is 0. The van der Waals surface area contributed by atoms with Gasteiger partial charge in [0.25, 0.3) is 0 Å². The Morgan fingerprint density at radius 2 is 1.63 bits per heavy atom. The number of likely N-dealkylation sites (tertiary alicyclic amines) is 1. The first-order valence-electron chi connectivity index (χ1n) is 11.5. The molecule has 4 heterocycles. The van der Waals surface area contributed by atoms with E-state index in [4.69, 9.17) is 0 Å². The highest BCUT2D eigenvalue weighted by Crippen LogP contribution is 2.32. The molecule has 0 aliphatic carbocycles. The maximum absolute atomic E-state index is 11.6. The van der Waals surface area contributed by atoms with E-state index in [1.165, 1.54) is 0 Å². The van der Waals surface area contributed by atoms with Crippen LogP contribution >= 0.6 is 0 Å². The standard InChI is InChI=1S/2C11H21N3O/c1-10(2,3)14-6-4-5-11(8-14)12-7-9(15)13-11;1-10(2,3)14-7-9(15)13-11(14)5-4-6-12-8-11/h2*12H,4-8H2,1-3H3,(H,13,15). The minimum Gasteiger partial charge on any atom is -0.336 e. The van der Waals surface area contributed by atoms with Crippen molar-refractivity contribution in [2.24, 2.45) is 0 Å². The molecule has 0 aromatic carbocycles. The van der Waals surface area contributed by atoms with E-state index < -0.39 is 0 Å². The Kier molecular flexibility index (Phi) is 6.54. The number of piperidine rings is 2. The predicted octanol–water partition coefficient (Wildman–Crippen LogP) is 0.593. The van der Waals surface area contributed by atoms with E-state index in [0.717, 1.165) is 51.9 Å². The van der Waals surface area contributed by atoms with Crippen molar-refractivity contribution in [1.29, 1.82) is 0 Å². The van der Waals surface area contributed by atoms with Crippen LogP contribution in [0, 0.1) is 0 Å². The molecule has 4 saturated heterocycles. The number of rotatable bonds is 0. The third kappa shape index (κ3) is 5.15. The van der Waals surface area contributed by atoms with Crippen molar-refractivity contribution in [3.8, 4) is 0 Å². The molecular formula is C22H42N6O2. The van der Waals surface area contributed by atoms with Gasteiger partial charge in [0.15, 0.2) is 0 Å². The van der Waals surface area contributed by atoms with Gasteiger partial charge >= 0.3 is 0 Å². The molecule has 4 rings (SSSR count). The zero-order chi connectivity index (χ0) is 22.2. The highest BCUT2D eigenvalue weighted by molar-refractivity contribution is 5.82. The first kappa shape index (κ1) is 23.4. The molecule has 0 aromatic rings. The van der Waals surface area contributed by atoms with Crippen LogP contribution in [0.1, 0.15) is 67.2 Å². The lowest BCUT2D eigenvalue weighted by molar-refractivity contribution is -0.120. The molecule has 0 aromatic heterocycles. The number of carbonyl (C=O) groups excluding carboxylic acids is 2. The van der Waals surface area contributed by atoms with Crippen molar-refractivity contribution in [3.63, 3.8) is 0 Å². The smallest absolute Gasteiger partial charge is 0.235 e. The first-order chi connectivity index (χ1) is 13.9. The summed E-state index contributed by atoms with van der Waals surface area (Å²) in [6.07, 6.45) is 4.38. The van der Waals surface area contributed by atoms with Gasteiger partial charge in [0, 0.05) is 24.2 Å². The van der Waals surface area contributed by atoms with Crippen molar-refractivity contribution >= 4 is 11.8 Å². The molecule has 0 radical (unpaired) electrons. The van der Waals surface area contributed by atoms with Gasteiger partial charge in [0.05, 0.1) is 13.1 Å². The number of hydrogen-bond acceptors (Lipinski definition) is 6. The van der Waals surface area contributed by atoms with Crippen LogP contribution in [0.3, 0.4) is 0 Å². The van der Waals surface area contributed by atoms with E-state index in [1.807, 2.05) is 0 Å². The lowest BCUT2D eigenvalue weighted by atomic mass is 9.94. The maximum atomic E-state index is 11.6. The Hall–Kier alpha value is -1.22. The summed E-state index contributed by atoms with van der Waals surface area (Å²) in [6, 6.07) is 0. The summed E-state index contributed by atoms with van der Waals surface area (Å²) in [4.78, 5) is 27.6. The summed E-state index contributed by atoms with van der Waals surface area (Å²) in [6.45, 7) is 18.2. The molecule has 8 nitrogen and oxygen atoms in total. The minimum atomic E-state index is -0.150. The molecule has 2 unspecified atom stereocenters. The Labute approximate surface area is 181 Å². The average Bonchev–Trinajstić information content (AvgIpc) is 3.15. The van der Waals surface area contributed by atoms with Crippen LogP contribution in [0.4, 0.5) is 0 Å². The Morgan fingerprint density at radius 3 is 2.17 bits per heavy atom.